The molecule has 0 unspecified atom stereocenters. The van der Waals surface area contributed by atoms with Gasteiger partial charge in [0.15, 0.2) is 0 Å². The summed E-state index contributed by atoms with van der Waals surface area (Å²) in [5, 5.41) is 11.5. The lowest BCUT2D eigenvalue weighted by atomic mass is 10.2. The van der Waals surface area contributed by atoms with Crippen LogP contribution in [0.5, 0.6) is 0 Å². The maximum absolute atomic E-state index is 13.2. The number of nitrogens with zero attached hydrogens (tertiary/aromatic N) is 2. The highest BCUT2D eigenvalue weighted by Gasteiger charge is 2.12. The molecule has 0 bridgehead atoms. The Morgan fingerprint density at radius 1 is 1.27 bits per heavy atom. The van der Waals surface area contributed by atoms with Gasteiger partial charge in [0.05, 0.1) is 11.6 Å². The number of nitrogens with one attached hydrogen (secondary N) is 1. The Balaban J connectivity index is 2.03. The zero-order chi connectivity index (χ0) is 15.9. The standard InChI is InChI=1S/C17H16FN3O/c1-2-21(12-14-4-3-5-15(18)10-14)17(22)20-16-8-6-13(11-19)7-9-16/h3-10H,2,12H2,1H3,(H,20,22). The van der Waals surface area contributed by atoms with E-state index in [1.807, 2.05) is 13.0 Å². The summed E-state index contributed by atoms with van der Waals surface area (Å²) in [7, 11) is 0. The van der Waals surface area contributed by atoms with Crippen LogP contribution in [0, 0.1) is 17.1 Å². The van der Waals surface area contributed by atoms with E-state index in [0.29, 0.717) is 24.3 Å². The number of hydrogen-bond donors (Lipinski definition) is 1. The van der Waals surface area contributed by atoms with Crippen LogP contribution in [0.4, 0.5) is 14.9 Å². The number of anilines is 1. The number of benzene rings is 2. The molecule has 0 saturated carbocycles. The van der Waals surface area contributed by atoms with E-state index >= 15 is 0 Å². The van der Waals surface area contributed by atoms with E-state index in [-0.39, 0.29) is 11.8 Å². The average molecular weight is 297 g/mol. The first-order chi connectivity index (χ1) is 10.6. The highest BCUT2D eigenvalue weighted by Crippen LogP contribution is 2.12. The number of amides is 2. The van der Waals surface area contributed by atoms with E-state index in [1.165, 1.54) is 12.1 Å². The number of hydrogen-bond acceptors (Lipinski definition) is 2. The normalized spacial score (nSPS) is 9.86. The van der Waals surface area contributed by atoms with E-state index in [1.54, 1.807) is 41.3 Å². The average Bonchev–Trinajstić information content (AvgIpc) is 2.53. The van der Waals surface area contributed by atoms with E-state index in [0.717, 1.165) is 5.56 Å². The fourth-order valence-corrected chi connectivity index (χ4v) is 2.01. The molecular weight excluding hydrogens is 281 g/mol. The Morgan fingerprint density at radius 3 is 2.59 bits per heavy atom. The van der Waals surface area contributed by atoms with Crippen molar-refractivity contribution in [3.63, 3.8) is 0 Å². The minimum absolute atomic E-state index is 0.267. The predicted molar refractivity (Wildman–Crippen MR) is 82.7 cm³/mol. The Hall–Kier alpha value is -2.87. The second kappa shape index (κ2) is 7.23. The zero-order valence-corrected chi connectivity index (χ0v) is 12.2. The van der Waals surface area contributed by atoms with Gasteiger partial charge in [0.1, 0.15) is 5.82 Å². The van der Waals surface area contributed by atoms with Crippen LogP contribution in [0.15, 0.2) is 48.5 Å². The number of halogens is 1. The van der Waals surface area contributed by atoms with Crippen LogP contribution in [0.25, 0.3) is 0 Å². The molecule has 4 nitrogen and oxygen atoms in total. The van der Waals surface area contributed by atoms with Gasteiger partial charge in [-0.25, -0.2) is 9.18 Å². The summed E-state index contributed by atoms with van der Waals surface area (Å²) >= 11 is 0. The predicted octanol–water partition coefficient (Wildman–Crippen LogP) is 3.75. The van der Waals surface area contributed by atoms with Gasteiger partial charge in [-0.2, -0.15) is 5.26 Å². The van der Waals surface area contributed by atoms with Crippen molar-refractivity contribution in [2.45, 2.75) is 13.5 Å². The summed E-state index contributed by atoms with van der Waals surface area (Å²) in [6.07, 6.45) is 0. The van der Waals surface area contributed by atoms with Crippen LogP contribution in [0.1, 0.15) is 18.1 Å². The van der Waals surface area contributed by atoms with E-state index in [9.17, 15) is 9.18 Å². The van der Waals surface area contributed by atoms with Gasteiger partial charge in [0.2, 0.25) is 0 Å². The summed E-state index contributed by atoms with van der Waals surface area (Å²) in [5.41, 5.74) is 1.88. The van der Waals surface area contributed by atoms with Crippen molar-refractivity contribution in [1.29, 1.82) is 5.26 Å². The minimum Gasteiger partial charge on any atom is -0.320 e. The third-order valence-corrected chi connectivity index (χ3v) is 3.20. The van der Waals surface area contributed by atoms with Crippen molar-refractivity contribution in [3.8, 4) is 6.07 Å². The van der Waals surface area contributed by atoms with E-state index in [4.69, 9.17) is 5.26 Å². The quantitative estimate of drug-likeness (QED) is 0.934. The number of rotatable bonds is 4. The van der Waals surface area contributed by atoms with Gasteiger partial charge in [-0.15, -0.1) is 0 Å². The summed E-state index contributed by atoms with van der Waals surface area (Å²) in [4.78, 5) is 13.8. The van der Waals surface area contributed by atoms with Crippen LogP contribution in [-0.4, -0.2) is 17.5 Å². The maximum Gasteiger partial charge on any atom is 0.322 e. The van der Waals surface area contributed by atoms with Gasteiger partial charge in [-0.3, -0.25) is 0 Å². The molecule has 1 N–H and O–H groups in total. The molecule has 0 fully saturated rings. The second-order valence-electron chi connectivity index (χ2n) is 4.76. The Labute approximate surface area is 128 Å². The minimum atomic E-state index is -0.318. The monoisotopic (exact) mass is 297 g/mol. The molecule has 0 aliphatic rings. The van der Waals surface area contributed by atoms with Gasteiger partial charge in [0, 0.05) is 18.8 Å². The van der Waals surface area contributed by atoms with Crippen molar-refractivity contribution >= 4 is 11.7 Å². The molecule has 0 atom stereocenters. The fourth-order valence-electron chi connectivity index (χ4n) is 2.01. The van der Waals surface area contributed by atoms with E-state index in [2.05, 4.69) is 5.32 Å². The number of carbonyl (C=O) groups is 1. The van der Waals surface area contributed by atoms with Crippen LogP contribution >= 0.6 is 0 Å². The van der Waals surface area contributed by atoms with Gasteiger partial charge in [0.25, 0.3) is 0 Å². The summed E-state index contributed by atoms with van der Waals surface area (Å²) < 4.78 is 13.2. The SMILES string of the molecule is CCN(Cc1cccc(F)c1)C(=O)Nc1ccc(C#N)cc1. The summed E-state index contributed by atoms with van der Waals surface area (Å²) in [6, 6.07) is 14.6. The molecule has 2 amide bonds. The maximum atomic E-state index is 13.2. The first kappa shape index (κ1) is 15.5. The topological polar surface area (TPSA) is 56.1 Å². The van der Waals surface area contributed by atoms with Gasteiger partial charge in [-0.05, 0) is 48.9 Å². The molecule has 0 radical (unpaired) electrons. The molecule has 0 aliphatic heterocycles. The van der Waals surface area contributed by atoms with Gasteiger partial charge >= 0.3 is 6.03 Å². The van der Waals surface area contributed by atoms with Crippen LogP contribution in [0.2, 0.25) is 0 Å². The molecule has 2 rings (SSSR count). The van der Waals surface area contributed by atoms with Gasteiger partial charge in [-0.1, -0.05) is 12.1 Å². The molecule has 22 heavy (non-hydrogen) atoms. The van der Waals surface area contributed by atoms with Crippen LogP contribution < -0.4 is 5.32 Å². The third kappa shape index (κ3) is 4.06. The van der Waals surface area contributed by atoms with Crippen molar-refractivity contribution in [2.24, 2.45) is 0 Å². The van der Waals surface area contributed by atoms with Crippen molar-refractivity contribution in [3.05, 3.63) is 65.5 Å². The Bertz CT molecular complexity index is 692. The summed E-state index contributed by atoms with van der Waals surface area (Å²) in [6.45, 7) is 2.69. The van der Waals surface area contributed by atoms with Crippen LogP contribution in [0.3, 0.4) is 0 Å². The largest absolute Gasteiger partial charge is 0.322 e. The smallest absolute Gasteiger partial charge is 0.320 e. The molecule has 2 aromatic carbocycles. The zero-order valence-electron chi connectivity index (χ0n) is 12.2. The summed E-state index contributed by atoms with van der Waals surface area (Å²) in [5.74, 6) is -0.318. The van der Waals surface area contributed by atoms with Crippen molar-refractivity contribution < 1.29 is 9.18 Å². The molecule has 0 aliphatic carbocycles. The Morgan fingerprint density at radius 2 is 2.00 bits per heavy atom. The van der Waals surface area contributed by atoms with Crippen molar-refractivity contribution in [1.82, 2.24) is 4.90 Å². The first-order valence-electron chi connectivity index (χ1n) is 6.93. The highest BCUT2D eigenvalue weighted by atomic mass is 19.1. The van der Waals surface area contributed by atoms with Crippen LogP contribution in [-0.2, 0) is 6.54 Å². The molecular formula is C17H16FN3O. The number of carbonyl (C=O) groups excluding carboxylic acids is 1. The Kier molecular flexibility index (Phi) is 5.10. The fraction of sp³-hybridized carbons (Fsp3) is 0.176. The number of nitriles is 1. The molecule has 0 aromatic heterocycles. The molecule has 2 aromatic rings. The first-order valence-corrected chi connectivity index (χ1v) is 6.93. The van der Waals surface area contributed by atoms with Crippen molar-refractivity contribution in [2.75, 3.05) is 11.9 Å². The highest BCUT2D eigenvalue weighted by molar-refractivity contribution is 5.89. The van der Waals surface area contributed by atoms with E-state index < -0.39 is 0 Å². The molecule has 0 saturated heterocycles. The number of urea groups is 1. The molecule has 0 heterocycles. The third-order valence-electron chi connectivity index (χ3n) is 3.20. The second-order valence-corrected chi connectivity index (χ2v) is 4.76. The lowest BCUT2D eigenvalue weighted by molar-refractivity contribution is 0.212. The molecule has 112 valence electrons. The lowest BCUT2D eigenvalue weighted by Crippen LogP contribution is -2.34. The lowest BCUT2D eigenvalue weighted by Gasteiger charge is -2.21. The molecule has 5 heteroatoms. The van der Waals surface area contributed by atoms with Gasteiger partial charge < -0.3 is 10.2 Å². The molecule has 0 spiro atoms.